The zero-order valence-corrected chi connectivity index (χ0v) is 8.52. The van der Waals surface area contributed by atoms with Gasteiger partial charge in [0.15, 0.2) is 0 Å². The van der Waals surface area contributed by atoms with Gasteiger partial charge >= 0.3 is 0 Å². The molecule has 0 amide bonds. The summed E-state index contributed by atoms with van der Waals surface area (Å²) >= 11 is 0. The summed E-state index contributed by atoms with van der Waals surface area (Å²) in [5.74, 6) is 0. The third-order valence-electron chi connectivity index (χ3n) is 2.29. The predicted molar refractivity (Wildman–Crippen MR) is 53.4 cm³/mol. The molecule has 2 aromatic rings. The van der Waals surface area contributed by atoms with Crippen LogP contribution in [0.1, 0.15) is 26.3 Å². The van der Waals surface area contributed by atoms with Crippen molar-refractivity contribution in [3.05, 3.63) is 23.8 Å². The summed E-state index contributed by atoms with van der Waals surface area (Å²) in [4.78, 5) is 0.810. The second kappa shape index (κ2) is 2.70. The van der Waals surface area contributed by atoms with Gasteiger partial charge in [0.2, 0.25) is 0 Å². The van der Waals surface area contributed by atoms with Crippen LogP contribution in [0.3, 0.4) is 0 Å². The predicted octanol–water partition coefficient (Wildman–Crippen LogP) is 1.97. The normalized spacial score (nSPS) is 12.2. The van der Waals surface area contributed by atoms with Gasteiger partial charge in [0, 0.05) is 0 Å². The fourth-order valence-corrected chi connectivity index (χ4v) is 1.37. The maximum absolute atomic E-state index is 9.34. The van der Waals surface area contributed by atoms with Gasteiger partial charge in [-0.1, -0.05) is 31.7 Å². The van der Waals surface area contributed by atoms with E-state index in [0.29, 0.717) is 11.0 Å². The molecule has 0 fully saturated rings. The van der Waals surface area contributed by atoms with E-state index in [4.69, 9.17) is 0 Å². The van der Waals surface area contributed by atoms with E-state index < -0.39 is 0 Å². The quantitative estimate of drug-likeness (QED) is 0.648. The molecule has 4 nitrogen and oxygen atoms in total. The minimum absolute atomic E-state index is 0.0679. The van der Waals surface area contributed by atoms with Gasteiger partial charge in [-0.25, -0.2) is 0 Å². The van der Waals surface area contributed by atoms with Gasteiger partial charge in [0.05, 0.1) is 0 Å². The van der Waals surface area contributed by atoms with E-state index in [1.54, 1.807) is 0 Å². The van der Waals surface area contributed by atoms with Gasteiger partial charge in [-0.05, 0) is 28.3 Å². The topological polar surface area (TPSA) is 50.9 Å². The lowest BCUT2D eigenvalue weighted by Gasteiger charge is -2.18. The van der Waals surface area contributed by atoms with E-state index in [1.165, 1.54) is 0 Å². The van der Waals surface area contributed by atoms with Crippen molar-refractivity contribution >= 4 is 11.0 Å². The largest absolute Gasteiger partial charge is 0.410 e. The molecule has 0 aliphatic carbocycles. The van der Waals surface area contributed by atoms with E-state index in [1.807, 2.05) is 18.2 Å². The molecule has 1 aromatic heterocycles. The lowest BCUT2D eigenvalue weighted by molar-refractivity contribution is 0.154. The van der Waals surface area contributed by atoms with E-state index in [0.717, 1.165) is 10.4 Å². The Labute approximate surface area is 82.1 Å². The Morgan fingerprint density at radius 2 is 2.00 bits per heavy atom. The number of aromatic nitrogens is 3. The third kappa shape index (κ3) is 1.32. The van der Waals surface area contributed by atoms with Crippen LogP contribution in [0.4, 0.5) is 0 Å². The van der Waals surface area contributed by atoms with Crippen molar-refractivity contribution in [3.8, 4) is 0 Å². The Morgan fingerprint density at radius 3 is 2.64 bits per heavy atom. The van der Waals surface area contributed by atoms with Crippen molar-refractivity contribution in [2.75, 3.05) is 0 Å². The lowest BCUT2D eigenvalue weighted by atomic mass is 9.87. The fraction of sp³-hybridized carbons (Fsp3) is 0.400. The molecule has 1 N–H and O–H groups in total. The Hall–Kier alpha value is -1.58. The lowest BCUT2D eigenvalue weighted by Crippen LogP contribution is -2.10. The molecule has 14 heavy (non-hydrogen) atoms. The van der Waals surface area contributed by atoms with Crippen molar-refractivity contribution < 1.29 is 5.21 Å². The smallest absolute Gasteiger partial charge is 0.130 e. The van der Waals surface area contributed by atoms with Crippen molar-refractivity contribution in [2.24, 2.45) is 0 Å². The number of rotatable bonds is 0. The maximum atomic E-state index is 9.34. The van der Waals surface area contributed by atoms with Gasteiger partial charge in [0.25, 0.3) is 0 Å². The Bertz CT molecular complexity index is 468. The maximum Gasteiger partial charge on any atom is 0.130 e. The van der Waals surface area contributed by atoms with Crippen molar-refractivity contribution in [1.29, 1.82) is 0 Å². The zero-order valence-electron chi connectivity index (χ0n) is 8.52. The molecule has 1 aromatic carbocycles. The first-order chi connectivity index (χ1) is 6.48. The standard InChI is InChI=1S/C10H13N3O/c1-10(2,3)7-4-5-8-9(6-7)13(14)12-11-8/h4-6,14H,1-3H3. The summed E-state index contributed by atoms with van der Waals surface area (Å²) in [6.45, 7) is 6.37. The van der Waals surface area contributed by atoms with Crippen LogP contribution in [0.2, 0.25) is 0 Å². The summed E-state index contributed by atoms with van der Waals surface area (Å²) in [7, 11) is 0. The van der Waals surface area contributed by atoms with E-state index >= 15 is 0 Å². The molecule has 0 aliphatic heterocycles. The zero-order chi connectivity index (χ0) is 10.3. The highest BCUT2D eigenvalue weighted by atomic mass is 16.5. The fourth-order valence-electron chi connectivity index (χ4n) is 1.37. The number of fused-ring (bicyclic) bond motifs is 1. The Kier molecular flexibility index (Phi) is 1.74. The van der Waals surface area contributed by atoms with Crippen molar-refractivity contribution in [3.63, 3.8) is 0 Å². The first-order valence-corrected chi connectivity index (χ1v) is 4.54. The van der Waals surface area contributed by atoms with Crippen molar-refractivity contribution in [2.45, 2.75) is 26.2 Å². The van der Waals surface area contributed by atoms with Crippen molar-refractivity contribution in [1.82, 2.24) is 15.2 Å². The first kappa shape index (κ1) is 8.99. The molecule has 1 heterocycles. The average Bonchev–Trinajstić information content (AvgIpc) is 2.46. The first-order valence-electron chi connectivity index (χ1n) is 4.54. The van der Waals surface area contributed by atoms with E-state index in [9.17, 15) is 5.21 Å². The Morgan fingerprint density at radius 1 is 1.29 bits per heavy atom. The summed E-state index contributed by atoms with van der Waals surface area (Å²) in [6.07, 6.45) is 0. The van der Waals surface area contributed by atoms with E-state index in [-0.39, 0.29) is 5.41 Å². The molecule has 0 bridgehead atoms. The molecule has 4 heteroatoms. The van der Waals surface area contributed by atoms with Crippen LogP contribution in [0.25, 0.3) is 11.0 Å². The SMILES string of the molecule is CC(C)(C)c1ccc2nnn(O)c2c1. The monoisotopic (exact) mass is 191 g/mol. The van der Waals surface area contributed by atoms with Crippen LogP contribution in [0, 0.1) is 0 Å². The van der Waals surface area contributed by atoms with Gasteiger partial charge in [-0.3, -0.25) is 0 Å². The minimum Gasteiger partial charge on any atom is -0.410 e. The molecular formula is C10H13N3O. The second-order valence-corrected chi connectivity index (χ2v) is 4.43. The summed E-state index contributed by atoms with van der Waals surface area (Å²) < 4.78 is 0. The third-order valence-corrected chi connectivity index (χ3v) is 2.29. The summed E-state index contributed by atoms with van der Waals surface area (Å²) in [5, 5.41) is 16.7. The molecule has 0 saturated heterocycles. The molecular weight excluding hydrogens is 178 g/mol. The molecule has 0 radical (unpaired) electrons. The molecule has 2 rings (SSSR count). The minimum atomic E-state index is 0.0679. The van der Waals surface area contributed by atoms with E-state index in [2.05, 4.69) is 31.1 Å². The average molecular weight is 191 g/mol. The number of hydrogen-bond donors (Lipinski definition) is 1. The van der Waals surface area contributed by atoms with Crippen LogP contribution in [0.5, 0.6) is 0 Å². The number of hydrogen-bond acceptors (Lipinski definition) is 3. The van der Waals surface area contributed by atoms with Gasteiger partial charge in [-0.15, -0.1) is 5.10 Å². The van der Waals surface area contributed by atoms with Crippen LogP contribution < -0.4 is 0 Å². The highest BCUT2D eigenvalue weighted by Crippen LogP contribution is 2.24. The highest BCUT2D eigenvalue weighted by Gasteiger charge is 2.15. The van der Waals surface area contributed by atoms with Crippen LogP contribution >= 0.6 is 0 Å². The summed E-state index contributed by atoms with van der Waals surface area (Å²) in [6, 6.07) is 5.79. The molecule has 0 atom stereocenters. The van der Waals surface area contributed by atoms with Gasteiger partial charge < -0.3 is 5.21 Å². The molecule has 74 valence electrons. The molecule has 0 unspecified atom stereocenters. The van der Waals surface area contributed by atoms with Gasteiger partial charge in [0.1, 0.15) is 11.0 Å². The van der Waals surface area contributed by atoms with Gasteiger partial charge in [-0.2, -0.15) is 0 Å². The number of benzene rings is 1. The molecule has 0 spiro atoms. The molecule has 0 saturated carbocycles. The highest BCUT2D eigenvalue weighted by molar-refractivity contribution is 5.74. The Balaban J connectivity index is 2.66. The second-order valence-electron chi connectivity index (χ2n) is 4.43. The number of nitrogens with zero attached hydrogens (tertiary/aromatic N) is 3. The van der Waals surface area contributed by atoms with Crippen LogP contribution in [0.15, 0.2) is 18.2 Å². The van der Waals surface area contributed by atoms with Crippen LogP contribution in [-0.2, 0) is 5.41 Å². The summed E-state index contributed by atoms with van der Waals surface area (Å²) in [5.41, 5.74) is 2.58. The molecule has 0 aliphatic rings. The van der Waals surface area contributed by atoms with Crippen LogP contribution in [-0.4, -0.2) is 20.4 Å².